The molecule has 0 bridgehead atoms. The molecule has 0 spiro atoms. The fourth-order valence-corrected chi connectivity index (χ4v) is 4.66. The predicted octanol–water partition coefficient (Wildman–Crippen LogP) is 6.99. The molecule has 33 heavy (non-hydrogen) atoms. The third-order valence-corrected chi connectivity index (χ3v) is 7.16. The van der Waals surface area contributed by atoms with Crippen LogP contribution in [0.3, 0.4) is 0 Å². The average Bonchev–Trinajstić information content (AvgIpc) is 3.50. The molecule has 3 rings (SSSR count). The SMILES string of the molecule is C[C@H]([C@H](C(=O)Nc1c(Cl)cc(Cl)c(CC2(C(=O)O)CC2)c1F)C1C=CC(Cl)=CC1)C(F)(F)F. The zero-order chi connectivity index (χ0) is 24.7. The molecule has 0 radical (unpaired) electrons. The maximum atomic E-state index is 15.3. The Bertz CT molecular complexity index is 1030. The Kier molecular flexibility index (Phi) is 7.42. The van der Waals surface area contributed by atoms with Crippen molar-refractivity contribution in [2.45, 2.75) is 38.8 Å². The van der Waals surface area contributed by atoms with E-state index in [-0.39, 0.29) is 28.5 Å². The largest absolute Gasteiger partial charge is 0.481 e. The minimum atomic E-state index is -4.69. The number of aliphatic carboxylic acids is 1. The van der Waals surface area contributed by atoms with E-state index >= 15 is 4.39 Å². The number of hydrogen-bond acceptors (Lipinski definition) is 2. The Labute approximate surface area is 202 Å². The van der Waals surface area contributed by atoms with E-state index in [1.807, 2.05) is 0 Å². The number of halogens is 7. The van der Waals surface area contributed by atoms with Crippen molar-refractivity contribution in [2.75, 3.05) is 5.32 Å². The standard InChI is InChI=1S/C22H20Cl3F4NO3/c1-10(22(27,28)29)16(11-2-4-12(23)5-3-11)19(31)30-18-15(25)8-14(24)13(17(18)26)9-21(6-7-21)20(32)33/h2,4-5,8,10-11,16H,3,6-7,9H2,1H3,(H,30,31)(H,32,33)/t10-,11?,16+/m1/s1. The molecule has 11 heteroatoms. The van der Waals surface area contributed by atoms with Crippen LogP contribution in [0.1, 0.15) is 31.7 Å². The molecule has 1 amide bonds. The second-order valence-electron chi connectivity index (χ2n) is 8.46. The highest BCUT2D eigenvalue weighted by Gasteiger charge is 2.51. The average molecular weight is 529 g/mol. The summed E-state index contributed by atoms with van der Waals surface area (Å²) in [5.74, 6) is -7.71. The first-order valence-corrected chi connectivity index (χ1v) is 11.2. The van der Waals surface area contributed by atoms with E-state index in [1.54, 1.807) is 0 Å². The van der Waals surface area contributed by atoms with Crippen molar-refractivity contribution in [3.63, 3.8) is 0 Å². The molecule has 1 aromatic carbocycles. The van der Waals surface area contributed by atoms with E-state index in [1.165, 1.54) is 18.2 Å². The lowest BCUT2D eigenvalue weighted by atomic mass is 9.78. The first kappa shape index (κ1) is 25.8. The van der Waals surface area contributed by atoms with Crippen LogP contribution in [0.2, 0.25) is 10.0 Å². The number of anilines is 1. The molecule has 0 saturated heterocycles. The maximum Gasteiger partial charge on any atom is 0.392 e. The summed E-state index contributed by atoms with van der Waals surface area (Å²) < 4.78 is 56.0. The minimum Gasteiger partial charge on any atom is -0.481 e. The highest BCUT2D eigenvalue weighted by atomic mass is 35.5. The fraction of sp³-hybridized carbons (Fsp3) is 0.455. The number of allylic oxidation sites excluding steroid dienone is 4. The molecule has 2 aliphatic carbocycles. The topological polar surface area (TPSA) is 66.4 Å². The molecule has 180 valence electrons. The Hall–Kier alpha value is -1.77. The van der Waals surface area contributed by atoms with Crippen LogP contribution >= 0.6 is 34.8 Å². The molecule has 1 saturated carbocycles. The third-order valence-electron chi connectivity index (χ3n) is 6.24. The third kappa shape index (κ3) is 5.49. The van der Waals surface area contributed by atoms with Crippen molar-refractivity contribution in [3.8, 4) is 0 Å². The molecule has 2 N–H and O–H groups in total. The smallest absolute Gasteiger partial charge is 0.392 e. The van der Waals surface area contributed by atoms with Gasteiger partial charge in [-0.25, -0.2) is 4.39 Å². The number of carboxylic acid groups (broad SMARTS) is 1. The van der Waals surface area contributed by atoms with Crippen molar-refractivity contribution in [1.29, 1.82) is 0 Å². The van der Waals surface area contributed by atoms with Gasteiger partial charge in [-0.3, -0.25) is 9.59 Å². The van der Waals surface area contributed by atoms with Gasteiger partial charge in [0.25, 0.3) is 0 Å². The van der Waals surface area contributed by atoms with E-state index in [4.69, 9.17) is 34.8 Å². The summed E-state index contributed by atoms with van der Waals surface area (Å²) in [5, 5.41) is 11.5. The summed E-state index contributed by atoms with van der Waals surface area (Å²) in [5.41, 5.74) is -1.86. The van der Waals surface area contributed by atoms with Crippen LogP contribution in [0, 0.1) is 29.0 Å². The van der Waals surface area contributed by atoms with Crippen LogP contribution in [-0.2, 0) is 16.0 Å². The minimum absolute atomic E-state index is 0.0943. The van der Waals surface area contributed by atoms with Gasteiger partial charge in [-0.1, -0.05) is 53.9 Å². The molecule has 2 aliphatic rings. The number of amides is 1. The van der Waals surface area contributed by atoms with E-state index in [2.05, 4.69) is 5.32 Å². The van der Waals surface area contributed by atoms with Gasteiger partial charge in [-0.15, -0.1) is 0 Å². The number of benzene rings is 1. The van der Waals surface area contributed by atoms with Crippen LogP contribution in [0.15, 0.2) is 29.3 Å². The molecule has 1 fully saturated rings. The Morgan fingerprint density at radius 3 is 2.36 bits per heavy atom. The van der Waals surface area contributed by atoms with Gasteiger partial charge in [-0.2, -0.15) is 13.2 Å². The van der Waals surface area contributed by atoms with E-state index in [0.717, 1.165) is 13.0 Å². The maximum absolute atomic E-state index is 15.3. The van der Waals surface area contributed by atoms with Crippen LogP contribution in [-0.4, -0.2) is 23.2 Å². The molecule has 1 unspecified atom stereocenters. The number of alkyl halides is 3. The van der Waals surface area contributed by atoms with Gasteiger partial charge < -0.3 is 10.4 Å². The van der Waals surface area contributed by atoms with Crippen molar-refractivity contribution in [3.05, 3.63) is 50.8 Å². The van der Waals surface area contributed by atoms with Crippen LogP contribution in [0.25, 0.3) is 0 Å². The quantitative estimate of drug-likeness (QED) is 0.375. The Morgan fingerprint density at radius 2 is 1.88 bits per heavy atom. The number of rotatable bonds is 7. The fourth-order valence-electron chi connectivity index (χ4n) is 3.94. The van der Waals surface area contributed by atoms with Crippen LogP contribution in [0.4, 0.5) is 23.2 Å². The number of carbonyl (C=O) groups is 2. The predicted molar refractivity (Wildman–Crippen MR) is 118 cm³/mol. The number of carbonyl (C=O) groups excluding carboxylic acids is 1. The van der Waals surface area contributed by atoms with E-state index in [9.17, 15) is 27.9 Å². The number of carboxylic acids is 1. The molecule has 4 nitrogen and oxygen atoms in total. The summed E-state index contributed by atoms with van der Waals surface area (Å²) in [7, 11) is 0. The van der Waals surface area contributed by atoms with Crippen molar-refractivity contribution in [1.82, 2.24) is 0 Å². The Balaban J connectivity index is 1.94. The monoisotopic (exact) mass is 527 g/mol. The summed E-state index contributed by atoms with van der Waals surface area (Å²) in [6, 6.07) is 1.14. The lowest BCUT2D eigenvalue weighted by Gasteiger charge is -2.31. The molecule has 0 aromatic heterocycles. The molecule has 0 aliphatic heterocycles. The number of hydrogen-bond donors (Lipinski definition) is 2. The lowest BCUT2D eigenvalue weighted by Crippen LogP contribution is -2.40. The van der Waals surface area contributed by atoms with Crippen molar-refractivity contribution >= 4 is 52.4 Å². The first-order valence-electron chi connectivity index (χ1n) is 10.1. The van der Waals surface area contributed by atoms with Crippen LogP contribution in [0.5, 0.6) is 0 Å². The van der Waals surface area contributed by atoms with Crippen LogP contribution < -0.4 is 5.32 Å². The van der Waals surface area contributed by atoms with Crippen molar-refractivity contribution in [2.24, 2.45) is 23.2 Å². The highest BCUT2D eigenvalue weighted by molar-refractivity contribution is 6.37. The summed E-state index contributed by atoms with van der Waals surface area (Å²) in [6.07, 6.45) is 0.174. The van der Waals surface area contributed by atoms with Gasteiger partial charge in [0.1, 0.15) is 0 Å². The van der Waals surface area contributed by atoms with Gasteiger partial charge in [0, 0.05) is 15.6 Å². The summed E-state index contributed by atoms with van der Waals surface area (Å²) >= 11 is 18.0. The summed E-state index contributed by atoms with van der Waals surface area (Å²) in [4.78, 5) is 24.5. The summed E-state index contributed by atoms with van der Waals surface area (Å²) in [6.45, 7) is 0.882. The highest BCUT2D eigenvalue weighted by Crippen LogP contribution is 2.50. The van der Waals surface area contributed by atoms with Crippen molar-refractivity contribution < 1.29 is 32.3 Å². The van der Waals surface area contributed by atoms with Gasteiger partial charge in [0.05, 0.1) is 28.0 Å². The molecular formula is C22H20Cl3F4NO3. The molecule has 0 heterocycles. The second-order valence-corrected chi connectivity index (χ2v) is 9.71. The Morgan fingerprint density at radius 1 is 1.24 bits per heavy atom. The molecular weight excluding hydrogens is 509 g/mol. The van der Waals surface area contributed by atoms with Gasteiger partial charge >= 0.3 is 12.1 Å². The zero-order valence-corrected chi connectivity index (χ0v) is 19.5. The van der Waals surface area contributed by atoms with Gasteiger partial charge in [-0.05, 0) is 43.7 Å². The second kappa shape index (κ2) is 9.47. The van der Waals surface area contributed by atoms with E-state index < -0.39 is 52.7 Å². The zero-order valence-electron chi connectivity index (χ0n) is 17.3. The molecule has 1 aromatic rings. The normalized spacial score (nSPS) is 21.2. The van der Waals surface area contributed by atoms with Gasteiger partial charge in [0.2, 0.25) is 5.91 Å². The van der Waals surface area contributed by atoms with Gasteiger partial charge in [0.15, 0.2) is 5.82 Å². The first-order chi connectivity index (χ1) is 15.3. The number of nitrogens with one attached hydrogen (secondary N) is 1. The van der Waals surface area contributed by atoms with E-state index in [0.29, 0.717) is 17.9 Å². The molecule has 3 atom stereocenters. The lowest BCUT2D eigenvalue weighted by molar-refractivity contribution is -0.188.